The zero-order valence-electron chi connectivity index (χ0n) is 14.9. The number of halogens is 3. The van der Waals surface area contributed by atoms with Crippen LogP contribution in [0, 0.1) is 5.92 Å². The first-order valence-electron chi connectivity index (χ1n) is 9.04. The summed E-state index contributed by atoms with van der Waals surface area (Å²) in [6.07, 6.45) is -3.93. The first kappa shape index (κ1) is 18.3. The predicted molar refractivity (Wildman–Crippen MR) is 99.7 cm³/mol. The fraction of sp³-hybridized carbons (Fsp3) is 0.227. The molecule has 144 valence electrons. The van der Waals surface area contributed by atoms with Crippen molar-refractivity contribution in [3.8, 4) is 16.9 Å². The van der Waals surface area contributed by atoms with Crippen molar-refractivity contribution in [3.63, 3.8) is 0 Å². The minimum atomic E-state index is -4.25. The van der Waals surface area contributed by atoms with Crippen LogP contribution >= 0.6 is 0 Å². The highest BCUT2D eigenvalue weighted by molar-refractivity contribution is 5.88. The van der Waals surface area contributed by atoms with E-state index >= 15 is 0 Å². The van der Waals surface area contributed by atoms with Crippen molar-refractivity contribution in [1.29, 1.82) is 0 Å². The molecule has 2 aromatic carbocycles. The molecule has 0 saturated heterocycles. The number of carboxylic acids is 1. The van der Waals surface area contributed by atoms with Crippen molar-refractivity contribution in [3.05, 3.63) is 77.5 Å². The lowest BCUT2D eigenvalue weighted by Gasteiger charge is -2.26. The smallest absolute Gasteiger partial charge is 0.392 e. The Morgan fingerprint density at radius 1 is 1.04 bits per heavy atom. The van der Waals surface area contributed by atoms with E-state index in [0.717, 1.165) is 16.8 Å². The van der Waals surface area contributed by atoms with Gasteiger partial charge in [-0.25, -0.2) is 4.79 Å². The first-order valence-corrected chi connectivity index (χ1v) is 9.04. The van der Waals surface area contributed by atoms with Gasteiger partial charge in [0.05, 0.1) is 17.2 Å². The van der Waals surface area contributed by atoms with E-state index in [0.29, 0.717) is 17.8 Å². The van der Waals surface area contributed by atoms with E-state index in [-0.39, 0.29) is 18.4 Å². The molecule has 3 aromatic rings. The second kappa shape index (κ2) is 6.86. The quantitative estimate of drug-likeness (QED) is 0.646. The fourth-order valence-electron chi connectivity index (χ4n) is 3.88. The standard InChI is InChI=1S/C22H18F3NO2/c23-22(24,25)17-10-9-15-12-19(14-5-2-1-3-6-14)26(20(15)13-17)18-8-4-7-16(11-18)21(27)28/h1-8,11-12,17H,9-10,13H2,(H,27,28). The number of aromatic nitrogens is 1. The fourth-order valence-corrected chi connectivity index (χ4v) is 3.88. The number of hydrogen-bond acceptors (Lipinski definition) is 1. The summed E-state index contributed by atoms with van der Waals surface area (Å²) in [5.41, 5.74) is 3.80. The van der Waals surface area contributed by atoms with Gasteiger partial charge in [-0.05, 0) is 54.7 Å². The number of alkyl halides is 3. The summed E-state index contributed by atoms with van der Waals surface area (Å²) >= 11 is 0. The van der Waals surface area contributed by atoms with Crippen molar-refractivity contribution < 1.29 is 23.1 Å². The van der Waals surface area contributed by atoms with E-state index in [1.54, 1.807) is 16.7 Å². The molecule has 0 fully saturated rings. The zero-order valence-corrected chi connectivity index (χ0v) is 14.9. The maximum Gasteiger partial charge on any atom is 0.392 e. The Balaban J connectivity index is 1.91. The Labute approximate surface area is 160 Å². The van der Waals surface area contributed by atoms with Crippen LogP contribution in [0.1, 0.15) is 28.0 Å². The van der Waals surface area contributed by atoms with Crippen molar-refractivity contribution in [2.24, 2.45) is 5.92 Å². The maximum absolute atomic E-state index is 13.4. The number of carbonyl (C=O) groups is 1. The molecule has 0 aliphatic heterocycles. The molecule has 0 saturated carbocycles. The van der Waals surface area contributed by atoms with Crippen LogP contribution in [0.4, 0.5) is 13.2 Å². The molecule has 0 amide bonds. The highest BCUT2D eigenvalue weighted by Crippen LogP contribution is 2.41. The Bertz CT molecular complexity index is 1020. The highest BCUT2D eigenvalue weighted by Gasteiger charge is 2.42. The van der Waals surface area contributed by atoms with Gasteiger partial charge >= 0.3 is 12.1 Å². The van der Waals surface area contributed by atoms with Gasteiger partial charge in [0, 0.05) is 11.4 Å². The molecule has 0 radical (unpaired) electrons. The van der Waals surface area contributed by atoms with Gasteiger partial charge in [0.25, 0.3) is 0 Å². The average molecular weight is 385 g/mol. The number of carboxylic acid groups (broad SMARTS) is 1. The van der Waals surface area contributed by atoms with Crippen LogP contribution in [-0.2, 0) is 12.8 Å². The van der Waals surface area contributed by atoms with Gasteiger partial charge in [-0.3, -0.25) is 0 Å². The molecule has 4 rings (SSSR count). The third-order valence-electron chi connectivity index (χ3n) is 5.28. The number of nitrogens with zero attached hydrogens (tertiary/aromatic N) is 1. The van der Waals surface area contributed by atoms with Gasteiger partial charge in [0.15, 0.2) is 0 Å². The molecule has 28 heavy (non-hydrogen) atoms. The lowest BCUT2D eigenvalue weighted by molar-refractivity contribution is -0.177. The first-order chi connectivity index (χ1) is 13.3. The van der Waals surface area contributed by atoms with Crippen LogP contribution in [-0.4, -0.2) is 21.8 Å². The van der Waals surface area contributed by atoms with E-state index in [4.69, 9.17) is 0 Å². The molecule has 0 bridgehead atoms. The molecular weight excluding hydrogens is 367 g/mol. The van der Waals surface area contributed by atoms with E-state index in [2.05, 4.69) is 0 Å². The number of aryl methyl sites for hydroxylation is 1. The Hall–Kier alpha value is -3.02. The number of benzene rings is 2. The van der Waals surface area contributed by atoms with E-state index in [9.17, 15) is 23.1 Å². The van der Waals surface area contributed by atoms with Gasteiger partial charge in [-0.15, -0.1) is 0 Å². The molecule has 1 aliphatic carbocycles. The van der Waals surface area contributed by atoms with Crippen LogP contribution in [0.15, 0.2) is 60.7 Å². The lowest BCUT2D eigenvalue weighted by Crippen LogP contribution is -2.29. The summed E-state index contributed by atoms with van der Waals surface area (Å²) in [6, 6.07) is 17.7. The van der Waals surface area contributed by atoms with E-state index in [1.165, 1.54) is 12.1 Å². The second-order valence-electron chi connectivity index (χ2n) is 7.04. The lowest BCUT2D eigenvalue weighted by atomic mass is 9.87. The molecule has 6 heteroatoms. The van der Waals surface area contributed by atoms with Crippen molar-refractivity contribution in [2.75, 3.05) is 0 Å². The van der Waals surface area contributed by atoms with Crippen LogP contribution in [0.5, 0.6) is 0 Å². The summed E-state index contributed by atoms with van der Waals surface area (Å²) in [4.78, 5) is 11.4. The SMILES string of the molecule is O=C(O)c1cccc(-n2c(-c3ccccc3)cc3c2CC(C(F)(F)F)CC3)c1. The summed E-state index contributed by atoms with van der Waals surface area (Å²) in [6.45, 7) is 0. The second-order valence-corrected chi connectivity index (χ2v) is 7.04. The summed E-state index contributed by atoms with van der Waals surface area (Å²) in [7, 11) is 0. The summed E-state index contributed by atoms with van der Waals surface area (Å²) < 4.78 is 41.9. The van der Waals surface area contributed by atoms with Crippen LogP contribution in [0.2, 0.25) is 0 Å². The van der Waals surface area contributed by atoms with Crippen LogP contribution in [0.25, 0.3) is 16.9 Å². The number of fused-ring (bicyclic) bond motifs is 1. The van der Waals surface area contributed by atoms with Gasteiger partial charge in [0.2, 0.25) is 0 Å². The summed E-state index contributed by atoms with van der Waals surface area (Å²) in [5.74, 6) is -2.46. The third kappa shape index (κ3) is 3.30. The maximum atomic E-state index is 13.4. The molecule has 1 aliphatic rings. The molecule has 1 N–H and O–H groups in total. The van der Waals surface area contributed by atoms with Crippen LogP contribution < -0.4 is 0 Å². The number of hydrogen-bond donors (Lipinski definition) is 1. The minimum absolute atomic E-state index is 0.0733. The number of aromatic carboxylic acids is 1. The van der Waals surface area contributed by atoms with Gasteiger partial charge < -0.3 is 9.67 Å². The summed E-state index contributed by atoms with van der Waals surface area (Å²) in [5, 5.41) is 9.32. The van der Waals surface area contributed by atoms with Crippen molar-refractivity contribution in [1.82, 2.24) is 4.57 Å². The van der Waals surface area contributed by atoms with Gasteiger partial charge in [-0.2, -0.15) is 13.2 Å². The largest absolute Gasteiger partial charge is 0.478 e. The predicted octanol–water partition coefficient (Wildman–Crippen LogP) is 5.51. The minimum Gasteiger partial charge on any atom is -0.478 e. The zero-order chi connectivity index (χ0) is 19.9. The molecule has 0 spiro atoms. The number of rotatable bonds is 3. The monoisotopic (exact) mass is 385 g/mol. The Kier molecular flexibility index (Phi) is 4.49. The van der Waals surface area contributed by atoms with Crippen molar-refractivity contribution >= 4 is 5.97 Å². The molecular formula is C22H18F3NO2. The van der Waals surface area contributed by atoms with E-state index in [1.807, 2.05) is 36.4 Å². The Morgan fingerprint density at radius 2 is 1.79 bits per heavy atom. The molecule has 3 nitrogen and oxygen atoms in total. The third-order valence-corrected chi connectivity index (χ3v) is 5.28. The molecule has 1 heterocycles. The van der Waals surface area contributed by atoms with E-state index < -0.39 is 18.1 Å². The van der Waals surface area contributed by atoms with Crippen LogP contribution in [0.3, 0.4) is 0 Å². The molecule has 1 atom stereocenters. The average Bonchev–Trinajstić information content (AvgIpc) is 3.07. The highest BCUT2D eigenvalue weighted by atomic mass is 19.4. The molecule has 1 unspecified atom stereocenters. The topological polar surface area (TPSA) is 42.2 Å². The Morgan fingerprint density at radius 3 is 2.46 bits per heavy atom. The normalized spacial score (nSPS) is 16.6. The molecule has 1 aromatic heterocycles. The van der Waals surface area contributed by atoms with Gasteiger partial charge in [-0.1, -0.05) is 36.4 Å². The van der Waals surface area contributed by atoms with Crippen molar-refractivity contribution in [2.45, 2.75) is 25.4 Å². The van der Waals surface area contributed by atoms with Gasteiger partial charge in [0.1, 0.15) is 0 Å².